The van der Waals surface area contributed by atoms with Gasteiger partial charge in [-0.3, -0.25) is 4.79 Å². The van der Waals surface area contributed by atoms with Crippen LogP contribution in [0.3, 0.4) is 0 Å². The molecule has 0 N–H and O–H groups in total. The monoisotopic (exact) mass is 192 g/mol. The first-order valence-electron chi connectivity index (χ1n) is 2.21. The lowest BCUT2D eigenvalue weighted by molar-refractivity contribution is -0.172. The second kappa shape index (κ2) is 3.56. The quantitative estimate of drug-likeness (QED) is 0.468. The summed E-state index contributed by atoms with van der Waals surface area (Å²) in [5.74, 6) is -3.50. The van der Waals surface area contributed by atoms with Crippen LogP contribution < -0.4 is 0 Å². The number of carbonyl (C=O) groups excluding carboxylic acids is 1. The molecular formula is C3H3F3O4S. The highest BCUT2D eigenvalue weighted by Crippen LogP contribution is 1.98. The number of alkyl halides is 2. The van der Waals surface area contributed by atoms with Gasteiger partial charge in [0.1, 0.15) is 0 Å². The van der Waals surface area contributed by atoms with Crippen molar-refractivity contribution in [2.75, 3.05) is 5.75 Å². The van der Waals surface area contributed by atoms with E-state index in [0.717, 1.165) is 0 Å². The summed E-state index contributed by atoms with van der Waals surface area (Å²) in [6.45, 7) is -3.43. The van der Waals surface area contributed by atoms with Crippen LogP contribution in [0.5, 0.6) is 0 Å². The number of hydrogen-bond donors (Lipinski definition) is 0. The zero-order valence-corrected chi connectivity index (χ0v) is 5.78. The molecule has 8 heteroatoms. The summed E-state index contributed by atoms with van der Waals surface area (Å²) < 4.78 is 56.0. The fraction of sp³-hybridized carbons (Fsp3) is 0.667. The molecule has 4 nitrogen and oxygen atoms in total. The normalized spacial score (nSPS) is 11.6. The SMILES string of the molecule is O=C(CS(=O)(=O)F)OC(F)F. The first-order valence-corrected chi connectivity index (χ1v) is 3.76. The zero-order valence-electron chi connectivity index (χ0n) is 4.96. The summed E-state index contributed by atoms with van der Waals surface area (Å²) in [4.78, 5) is 9.95. The highest BCUT2D eigenvalue weighted by Gasteiger charge is 2.19. The van der Waals surface area contributed by atoms with Crippen molar-refractivity contribution >= 4 is 16.2 Å². The fourth-order valence-electron chi connectivity index (χ4n) is 0.274. The Bertz CT molecular complexity index is 233. The molecule has 0 amide bonds. The summed E-state index contributed by atoms with van der Waals surface area (Å²) in [5, 5.41) is 0. The number of carbonyl (C=O) groups is 1. The van der Waals surface area contributed by atoms with Gasteiger partial charge in [0, 0.05) is 0 Å². The zero-order chi connectivity index (χ0) is 9.07. The number of ether oxygens (including phenoxy) is 1. The molecule has 0 aromatic heterocycles. The molecule has 0 rings (SSSR count). The van der Waals surface area contributed by atoms with E-state index in [2.05, 4.69) is 4.74 Å². The molecule has 11 heavy (non-hydrogen) atoms. The van der Waals surface area contributed by atoms with Crippen molar-refractivity contribution in [3.8, 4) is 0 Å². The Morgan fingerprint density at radius 2 is 1.91 bits per heavy atom. The van der Waals surface area contributed by atoms with Crippen molar-refractivity contribution < 1.29 is 30.6 Å². The Morgan fingerprint density at radius 3 is 2.18 bits per heavy atom. The maximum Gasteiger partial charge on any atom is 0.389 e. The third-order valence-corrected chi connectivity index (χ3v) is 1.09. The summed E-state index contributed by atoms with van der Waals surface area (Å²) in [6, 6.07) is 0. The molecule has 0 aromatic rings. The Labute approximate surface area is 60.2 Å². The van der Waals surface area contributed by atoms with E-state index in [0.29, 0.717) is 0 Å². The van der Waals surface area contributed by atoms with Gasteiger partial charge in [-0.05, 0) is 0 Å². The van der Waals surface area contributed by atoms with E-state index in [9.17, 15) is 25.9 Å². The van der Waals surface area contributed by atoms with E-state index in [1.165, 1.54) is 0 Å². The molecule has 0 bridgehead atoms. The van der Waals surface area contributed by atoms with E-state index >= 15 is 0 Å². The molecule has 0 radical (unpaired) electrons. The lowest BCUT2D eigenvalue weighted by atomic mass is 10.8. The Balaban J connectivity index is 3.91. The van der Waals surface area contributed by atoms with Crippen LogP contribution in [0.4, 0.5) is 12.7 Å². The molecule has 0 heterocycles. The average Bonchev–Trinajstić information content (AvgIpc) is 1.53. The molecule has 0 aliphatic heterocycles. The van der Waals surface area contributed by atoms with E-state index in [4.69, 9.17) is 0 Å². The molecule has 0 atom stereocenters. The van der Waals surface area contributed by atoms with Crippen LogP contribution in [0.2, 0.25) is 0 Å². The first-order chi connectivity index (χ1) is 4.81. The minimum Gasteiger partial charge on any atom is -0.402 e. The van der Waals surface area contributed by atoms with Crippen LogP contribution in [0.1, 0.15) is 0 Å². The third kappa shape index (κ3) is 7.10. The lowest BCUT2D eigenvalue weighted by Gasteiger charge is -1.98. The van der Waals surface area contributed by atoms with Gasteiger partial charge in [-0.25, -0.2) is 0 Å². The molecule has 0 unspecified atom stereocenters. The van der Waals surface area contributed by atoms with Gasteiger partial charge >= 0.3 is 22.8 Å². The minimum absolute atomic E-state index is 1.68. The highest BCUT2D eigenvalue weighted by molar-refractivity contribution is 7.87. The smallest absolute Gasteiger partial charge is 0.389 e. The van der Waals surface area contributed by atoms with E-state index < -0.39 is 28.6 Å². The van der Waals surface area contributed by atoms with Crippen molar-refractivity contribution in [2.24, 2.45) is 0 Å². The summed E-state index contributed by atoms with van der Waals surface area (Å²) in [5.41, 5.74) is 0. The largest absolute Gasteiger partial charge is 0.402 e. The molecule has 0 aliphatic carbocycles. The topological polar surface area (TPSA) is 60.4 Å². The van der Waals surface area contributed by atoms with Gasteiger partial charge in [0.05, 0.1) is 0 Å². The average molecular weight is 192 g/mol. The lowest BCUT2D eigenvalue weighted by Crippen LogP contribution is -2.17. The Hall–Kier alpha value is -0.790. The van der Waals surface area contributed by atoms with Gasteiger partial charge in [0.2, 0.25) is 0 Å². The molecule has 0 spiro atoms. The summed E-state index contributed by atoms with van der Waals surface area (Å²) >= 11 is 0. The Morgan fingerprint density at radius 1 is 1.45 bits per heavy atom. The molecule has 0 aliphatic rings. The van der Waals surface area contributed by atoms with Gasteiger partial charge in [0.15, 0.2) is 5.75 Å². The van der Waals surface area contributed by atoms with Gasteiger partial charge in [-0.15, -0.1) is 3.89 Å². The molecule has 0 saturated heterocycles. The number of rotatable bonds is 3. The number of esters is 1. The molecule has 0 fully saturated rings. The maximum absolute atomic E-state index is 11.5. The number of halogens is 3. The van der Waals surface area contributed by atoms with E-state index in [1.54, 1.807) is 0 Å². The van der Waals surface area contributed by atoms with Crippen molar-refractivity contribution in [2.45, 2.75) is 6.61 Å². The van der Waals surface area contributed by atoms with Gasteiger partial charge in [0.25, 0.3) is 0 Å². The minimum atomic E-state index is -5.08. The van der Waals surface area contributed by atoms with Crippen molar-refractivity contribution in [1.29, 1.82) is 0 Å². The predicted molar refractivity (Wildman–Crippen MR) is 27.0 cm³/mol. The molecule has 0 saturated carbocycles. The van der Waals surface area contributed by atoms with Crippen LogP contribution in [-0.4, -0.2) is 26.8 Å². The van der Waals surface area contributed by atoms with Crippen molar-refractivity contribution in [3.05, 3.63) is 0 Å². The molecule has 66 valence electrons. The van der Waals surface area contributed by atoms with Crippen molar-refractivity contribution in [3.63, 3.8) is 0 Å². The first kappa shape index (κ1) is 10.2. The second-order valence-electron chi connectivity index (χ2n) is 1.43. The Kier molecular flexibility index (Phi) is 3.30. The maximum atomic E-state index is 11.5. The fourth-order valence-corrected chi connectivity index (χ4v) is 0.624. The van der Waals surface area contributed by atoms with Crippen LogP contribution in [-0.2, 0) is 19.8 Å². The van der Waals surface area contributed by atoms with Gasteiger partial charge in [-0.2, -0.15) is 17.2 Å². The predicted octanol–water partition coefficient (Wildman–Crippen LogP) is 0.0515. The van der Waals surface area contributed by atoms with Crippen molar-refractivity contribution in [1.82, 2.24) is 0 Å². The van der Waals surface area contributed by atoms with E-state index in [1.807, 2.05) is 0 Å². The summed E-state index contributed by atoms with van der Waals surface area (Å²) in [6.07, 6.45) is 0. The highest BCUT2D eigenvalue weighted by atomic mass is 32.3. The second-order valence-corrected chi connectivity index (χ2v) is 2.80. The summed E-state index contributed by atoms with van der Waals surface area (Å²) in [7, 11) is -5.08. The third-order valence-electron chi connectivity index (χ3n) is 0.511. The molecule has 0 aromatic carbocycles. The molecular weight excluding hydrogens is 189 g/mol. The van der Waals surface area contributed by atoms with Gasteiger partial charge < -0.3 is 4.74 Å². The van der Waals surface area contributed by atoms with Gasteiger partial charge in [-0.1, -0.05) is 0 Å². The van der Waals surface area contributed by atoms with Crippen LogP contribution in [0, 0.1) is 0 Å². The number of hydrogen-bond acceptors (Lipinski definition) is 4. The van der Waals surface area contributed by atoms with E-state index in [-0.39, 0.29) is 0 Å². The van der Waals surface area contributed by atoms with Crippen LogP contribution >= 0.6 is 0 Å². The van der Waals surface area contributed by atoms with Crippen LogP contribution in [0.15, 0.2) is 0 Å². The standard InChI is InChI=1S/C3H3F3O4S/c4-3(5)10-2(7)1-11(6,8)9/h3H,1H2. The van der Waals surface area contributed by atoms with Crippen LogP contribution in [0.25, 0.3) is 0 Å².